The van der Waals surface area contributed by atoms with E-state index in [4.69, 9.17) is 0 Å². The number of hydrogen-bond acceptors (Lipinski definition) is 3. The summed E-state index contributed by atoms with van der Waals surface area (Å²) in [5.74, 6) is 0.0208. The van der Waals surface area contributed by atoms with Crippen molar-refractivity contribution < 1.29 is 15.0 Å². The van der Waals surface area contributed by atoms with E-state index in [1.165, 1.54) is 0 Å². The molecule has 0 bridgehead atoms. The zero-order valence-electron chi connectivity index (χ0n) is 14.2. The molecule has 0 aliphatic rings. The fraction of sp³-hybridized carbons (Fsp3) is 0.136. The van der Waals surface area contributed by atoms with Gasteiger partial charge >= 0.3 is 0 Å². The molecule has 0 aliphatic heterocycles. The number of carbonyl (C=O) groups excluding carboxylic acids is 1. The van der Waals surface area contributed by atoms with Gasteiger partial charge in [0.15, 0.2) is 0 Å². The van der Waals surface area contributed by atoms with E-state index in [0.717, 1.165) is 34.1 Å². The van der Waals surface area contributed by atoms with Crippen LogP contribution in [-0.2, 0) is 0 Å². The van der Waals surface area contributed by atoms with Crippen LogP contribution in [0.25, 0.3) is 0 Å². The monoisotopic (exact) mass is 332 g/mol. The molecule has 0 heterocycles. The van der Waals surface area contributed by atoms with Crippen LogP contribution >= 0.6 is 0 Å². The molecule has 2 N–H and O–H groups in total. The molecule has 0 spiro atoms. The lowest BCUT2D eigenvalue weighted by Gasteiger charge is -2.22. The highest BCUT2D eigenvalue weighted by molar-refractivity contribution is 5.74. The Hall–Kier alpha value is -3.07. The molecule has 3 rings (SSSR count). The number of phenols is 2. The Kier molecular flexibility index (Phi) is 4.57. The Morgan fingerprint density at radius 3 is 1.68 bits per heavy atom. The minimum absolute atomic E-state index is 0.177. The minimum atomic E-state index is -0.333. The largest absolute Gasteiger partial charge is 0.508 e. The third kappa shape index (κ3) is 3.41. The molecule has 0 aromatic heterocycles. The number of benzene rings is 3. The van der Waals surface area contributed by atoms with Crippen molar-refractivity contribution in [2.75, 3.05) is 0 Å². The van der Waals surface area contributed by atoms with Gasteiger partial charge in [-0.2, -0.15) is 0 Å². The van der Waals surface area contributed by atoms with Crippen molar-refractivity contribution in [2.45, 2.75) is 19.8 Å². The lowest BCUT2D eigenvalue weighted by Crippen LogP contribution is -2.05. The Bertz CT molecular complexity index is 860. The van der Waals surface area contributed by atoms with Crippen LogP contribution in [0.1, 0.15) is 44.1 Å². The molecule has 0 amide bonds. The van der Waals surface area contributed by atoms with Crippen molar-refractivity contribution in [1.29, 1.82) is 0 Å². The quantitative estimate of drug-likeness (QED) is 0.537. The molecular weight excluding hydrogens is 312 g/mol. The molecular formula is C22H20O3. The van der Waals surface area contributed by atoms with Gasteiger partial charge in [-0.1, -0.05) is 59.7 Å². The van der Waals surface area contributed by atoms with Gasteiger partial charge in [0.1, 0.15) is 17.8 Å². The second-order valence-corrected chi connectivity index (χ2v) is 6.34. The maximum absolute atomic E-state index is 10.9. The second-order valence-electron chi connectivity index (χ2n) is 6.34. The lowest BCUT2D eigenvalue weighted by atomic mass is 9.83. The van der Waals surface area contributed by atoms with Crippen LogP contribution in [0, 0.1) is 13.8 Å². The standard InChI is InChI=1S/C22H20O3/c1-14-3-9-20(24)18(11-14)22(17-7-5-16(13-23)6-8-17)19-12-15(2)4-10-21(19)25/h3-13,22,24-25H,1-2H3. The Morgan fingerprint density at radius 1 is 0.760 bits per heavy atom. The third-order valence-electron chi connectivity index (χ3n) is 4.39. The highest BCUT2D eigenvalue weighted by Crippen LogP contribution is 2.41. The summed E-state index contributed by atoms with van der Waals surface area (Å²) < 4.78 is 0. The van der Waals surface area contributed by atoms with E-state index in [1.807, 2.05) is 50.2 Å². The lowest BCUT2D eigenvalue weighted by molar-refractivity contribution is 0.112. The highest BCUT2D eigenvalue weighted by Gasteiger charge is 2.23. The topological polar surface area (TPSA) is 57.5 Å². The van der Waals surface area contributed by atoms with Gasteiger partial charge in [0, 0.05) is 22.6 Å². The molecule has 3 nitrogen and oxygen atoms in total. The Balaban J connectivity index is 2.25. The SMILES string of the molecule is Cc1ccc(O)c(C(c2ccc(C=O)cc2)c2cc(C)ccc2O)c1. The van der Waals surface area contributed by atoms with E-state index in [0.29, 0.717) is 5.56 Å². The summed E-state index contributed by atoms with van der Waals surface area (Å²) in [6, 6.07) is 18.1. The van der Waals surface area contributed by atoms with Gasteiger partial charge in [-0.15, -0.1) is 0 Å². The van der Waals surface area contributed by atoms with E-state index < -0.39 is 0 Å². The number of aromatic hydroxyl groups is 2. The maximum atomic E-state index is 10.9. The Morgan fingerprint density at radius 2 is 1.24 bits per heavy atom. The van der Waals surface area contributed by atoms with E-state index in [9.17, 15) is 15.0 Å². The van der Waals surface area contributed by atoms with Gasteiger partial charge in [-0.25, -0.2) is 0 Å². The van der Waals surface area contributed by atoms with Crippen molar-refractivity contribution in [3.05, 3.63) is 94.0 Å². The average Bonchev–Trinajstić information content (AvgIpc) is 2.61. The molecule has 0 saturated carbocycles. The molecule has 3 heteroatoms. The summed E-state index contributed by atoms with van der Waals surface area (Å²) >= 11 is 0. The van der Waals surface area contributed by atoms with Crippen LogP contribution in [0.5, 0.6) is 11.5 Å². The number of rotatable bonds is 4. The Labute approximate surface area is 147 Å². The predicted octanol–water partition coefficient (Wildman–Crippen LogP) is 4.71. The molecule has 0 fully saturated rings. The molecule has 3 aromatic rings. The van der Waals surface area contributed by atoms with Gasteiger partial charge in [0.25, 0.3) is 0 Å². The normalized spacial score (nSPS) is 10.8. The van der Waals surface area contributed by atoms with Crippen molar-refractivity contribution in [2.24, 2.45) is 0 Å². The van der Waals surface area contributed by atoms with Crippen LogP contribution in [0.4, 0.5) is 0 Å². The molecule has 0 aliphatic carbocycles. The van der Waals surface area contributed by atoms with Gasteiger partial charge in [-0.3, -0.25) is 4.79 Å². The minimum Gasteiger partial charge on any atom is -0.508 e. The summed E-state index contributed by atoms with van der Waals surface area (Å²) in [6.45, 7) is 3.93. The first kappa shape index (κ1) is 16.8. The van der Waals surface area contributed by atoms with Gasteiger partial charge in [0.2, 0.25) is 0 Å². The maximum Gasteiger partial charge on any atom is 0.150 e. The fourth-order valence-electron chi connectivity index (χ4n) is 3.10. The molecule has 25 heavy (non-hydrogen) atoms. The van der Waals surface area contributed by atoms with Crippen LogP contribution < -0.4 is 0 Å². The zero-order chi connectivity index (χ0) is 18.0. The third-order valence-corrected chi connectivity index (χ3v) is 4.39. The summed E-state index contributed by atoms with van der Waals surface area (Å²) in [4.78, 5) is 10.9. The van der Waals surface area contributed by atoms with E-state index in [2.05, 4.69) is 0 Å². The summed E-state index contributed by atoms with van der Waals surface area (Å²) in [6.07, 6.45) is 0.799. The highest BCUT2D eigenvalue weighted by atomic mass is 16.3. The van der Waals surface area contributed by atoms with Crippen LogP contribution in [0.2, 0.25) is 0 Å². The van der Waals surface area contributed by atoms with Crippen molar-refractivity contribution in [3.8, 4) is 11.5 Å². The van der Waals surface area contributed by atoms with Crippen molar-refractivity contribution in [3.63, 3.8) is 0 Å². The zero-order valence-corrected chi connectivity index (χ0v) is 14.2. The number of hydrogen-bond donors (Lipinski definition) is 2. The van der Waals surface area contributed by atoms with E-state index >= 15 is 0 Å². The summed E-state index contributed by atoms with van der Waals surface area (Å²) in [5.41, 5.74) is 4.97. The van der Waals surface area contributed by atoms with Crippen LogP contribution in [0.15, 0.2) is 60.7 Å². The molecule has 0 radical (unpaired) electrons. The first-order valence-corrected chi connectivity index (χ1v) is 8.14. The predicted molar refractivity (Wildman–Crippen MR) is 98.5 cm³/mol. The van der Waals surface area contributed by atoms with Gasteiger partial charge in [-0.05, 0) is 31.5 Å². The molecule has 0 unspecified atom stereocenters. The fourth-order valence-corrected chi connectivity index (χ4v) is 3.10. The molecule has 0 atom stereocenters. The van der Waals surface area contributed by atoms with Crippen molar-refractivity contribution in [1.82, 2.24) is 0 Å². The number of carbonyl (C=O) groups is 1. The second kappa shape index (κ2) is 6.81. The molecule has 126 valence electrons. The van der Waals surface area contributed by atoms with Crippen LogP contribution in [0.3, 0.4) is 0 Å². The number of phenolic OH excluding ortho intramolecular Hbond substituents is 2. The van der Waals surface area contributed by atoms with E-state index in [-0.39, 0.29) is 17.4 Å². The van der Waals surface area contributed by atoms with E-state index in [1.54, 1.807) is 24.3 Å². The summed E-state index contributed by atoms with van der Waals surface area (Å²) in [7, 11) is 0. The first-order chi connectivity index (χ1) is 12.0. The summed E-state index contributed by atoms with van der Waals surface area (Å²) in [5, 5.41) is 20.9. The van der Waals surface area contributed by atoms with Gasteiger partial charge in [0.05, 0.1) is 0 Å². The van der Waals surface area contributed by atoms with Crippen molar-refractivity contribution >= 4 is 6.29 Å². The number of aldehydes is 1. The first-order valence-electron chi connectivity index (χ1n) is 8.14. The van der Waals surface area contributed by atoms with Crippen LogP contribution in [-0.4, -0.2) is 16.5 Å². The smallest absolute Gasteiger partial charge is 0.150 e. The molecule has 3 aromatic carbocycles. The number of aryl methyl sites for hydroxylation is 2. The molecule has 0 saturated heterocycles. The average molecular weight is 332 g/mol. The van der Waals surface area contributed by atoms with Gasteiger partial charge < -0.3 is 10.2 Å².